The summed E-state index contributed by atoms with van der Waals surface area (Å²) in [4.78, 5) is 39.2. The molecule has 2 aromatic rings. The lowest BCUT2D eigenvalue weighted by atomic mass is 9.75. The van der Waals surface area contributed by atoms with E-state index in [2.05, 4.69) is 29.6 Å². The number of fused-ring (bicyclic) bond motifs is 3. The zero-order chi connectivity index (χ0) is 24.6. The molecule has 7 nitrogen and oxygen atoms in total. The van der Waals surface area contributed by atoms with Crippen molar-refractivity contribution in [2.45, 2.75) is 51.0 Å². The SMILES string of the molecule is CCC1(C(=O)O)CN(C(=O)C2CCCCC2NC(=O)OCC2c3ccccc3-c3ccccc32)C1. The Kier molecular flexibility index (Phi) is 6.26. The minimum atomic E-state index is -0.846. The molecule has 2 aromatic carbocycles. The Hall–Kier alpha value is -3.35. The molecule has 1 heterocycles. The van der Waals surface area contributed by atoms with Gasteiger partial charge < -0.3 is 20.1 Å². The van der Waals surface area contributed by atoms with Gasteiger partial charge in [-0.15, -0.1) is 0 Å². The van der Waals surface area contributed by atoms with Crippen LogP contribution in [-0.4, -0.2) is 53.7 Å². The molecular weight excluding hydrogens is 444 g/mol. The molecule has 1 saturated carbocycles. The molecule has 0 radical (unpaired) electrons. The number of nitrogens with one attached hydrogen (secondary N) is 1. The summed E-state index contributed by atoms with van der Waals surface area (Å²) < 4.78 is 5.70. The molecule has 2 atom stereocenters. The van der Waals surface area contributed by atoms with Crippen molar-refractivity contribution >= 4 is 18.0 Å². The lowest BCUT2D eigenvalue weighted by Gasteiger charge is -2.49. The van der Waals surface area contributed by atoms with E-state index in [1.165, 1.54) is 11.1 Å². The van der Waals surface area contributed by atoms with E-state index in [0.29, 0.717) is 19.3 Å². The molecule has 2 fully saturated rings. The average molecular weight is 477 g/mol. The first-order valence-corrected chi connectivity index (χ1v) is 12.6. The first-order chi connectivity index (χ1) is 16.9. The van der Waals surface area contributed by atoms with Gasteiger partial charge in [-0.3, -0.25) is 9.59 Å². The van der Waals surface area contributed by atoms with E-state index in [1.54, 1.807) is 4.90 Å². The minimum absolute atomic E-state index is 0.0174. The Morgan fingerprint density at radius 3 is 2.20 bits per heavy atom. The Morgan fingerprint density at radius 1 is 1.00 bits per heavy atom. The smallest absolute Gasteiger partial charge is 0.407 e. The Balaban J connectivity index is 1.21. The molecule has 2 aliphatic carbocycles. The Labute approximate surface area is 205 Å². The average Bonchev–Trinajstić information content (AvgIpc) is 3.16. The highest BCUT2D eigenvalue weighted by Crippen LogP contribution is 2.44. The number of alkyl carbamates (subject to hydrolysis) is 1. The molecular formula is C28H32N2O5. The number of hydrogen-bond acceptors (Lipinski definition) is 4. The molecule has 0 bridgehead atoms. The third-order valence-electron chi connectivity index (χ3n) is 8.16. The van der Waals surface area contributed by atoms with Crippen LogP contribution in [0, 0.1) is 11.3 Å². The summed E-state index contributed by atoms with van der Waals surface area (Å²) in [5.74, 6) is -1.26. The van der Waals surface area contributed by atoms with Gasteiger partial charge in [-0.05, 0) is 41.5 Å². The topological polar surface area (TPSA) is 95.9 Å². The molecule has 7 heteroatoms. The van der Waals surface area contributed by atoms with Gasteiger partial charge in [0.1, 0.15) is 12.0 Å². The van der Waals surface area contributed by atoms with E-state index < -0.39 is 17.5 Å². The van der Waals surface area contributed by atoms with Crippen molar-refractivity contribution in [2.24, 2.45) is 11.3 Å². The van der Waals surface area contributed by atoms with Crippen LogP contribution in [-0.2, 0) is 14.3 Å². The van der Waals surface area contributed by atoms with Gasteiger partial charge in [0.2, 0.25) is 5.91 Å². The first kappa shape index (κ1) is 23.4. The number of amides is 2. The molecule has 3 aliphatic rings. The molecule has 2 N–H and O–H groups in total. The van der Waals surface area contributed by atoms with Gasteiger partial charge in [-0.25, -0.2) is 4.79 Å². The maximum atomic E-state index is 13.2. The van der Waals surface area contributed by atoms with Crippen molar-refractivity contribution in [1.82, 2.24) is 10.2 Å². The molecule has 2 unspecified atom stereocenters. The standard InChI is InChI=1S/C28H32N2O5/c1-2-28(26(32)33)16-30(17-28)25(31)22-13-7-8-14-24(22)29-27(34)35-15-23-20-11-5-3-9-18(20)19-10-4-6-12-21(19)23/h3-6,9-12,22-24H,2,7-8,13-17H2,1H3,(H,29,34)(H,32,33). The van der Waals surface area contributed by atoms with E-state index >= 15 is 0 Å². The second kappa shape index (κ2) is 9.36. The quantitative estimate of drug-likeness (QED) is 0.644. The molecule has 184 valence electrons. The number of ether oxygens (including phenoxy) is 1. The number of rotatable bonds is 6. The van der Waals surface area contributed by atoms with Gasteiger partial charge in [-0.1, -0.05) is 68.3 Å². The fourth-order valence-corrected chi connectivity index (χ4v) is 5.98. The van der Waals surface area contributed by atoms with Crippen molar-refractivity contribution in [3.05, 3.63) is 59.7 Å². The molecule has 5 rings (SSSR count). The predicted molar refractivity (Wildman–Crippen MR) is 131 cm³/mol. The third-order valence-corrected chi connectivity index (χ3v) is 8.16. The lowest BCUT2D eigenvalue weighted by Crippen LogP contribution is -2.64. The molecule has 0 spiro atoms. The second-order valence-corrected chi connectivity index (χ2v) is 10.1. The van der Waals surface area contributed by atoms with Crippen molar-refractivity contribution in [3.8, 4) is 11.1 Å². The summed E-state index contributed by atoms with van der Waals surface area (Å²) in [6.07, 6.45) is 3.26. The second-order valence-electron chi connectivity index (χ2n) is 10.1. The number of carbonyl (C=O) groups is 3. The van der Waals surface area contributed by atoms with E-state index in [9.17, 15) is 19.5 Å². The van der Waals surface area contributed by atoms with Gasteiger partial charge in [0.25, 0.3) is 0 Å². The van der Waals surface area contributed by atoms with Gasteiger partial charge in [0.15, 0.2) is 0 Å². The van der Waals surface area contributed by atoms with Crippen molar-refractivity contribution in [1.29, 1.82) is 0 Å². The summed E-state index contributed by atoms with van der Waals surface area (Å²) in [7, 11) is 0. The number of benzene rings is 2. The number of carboxylic acid groups (broad SMARTS) is 1. The minimum Gasteiger partial charge on any atom is -0.481 e. The fraction of sp³-hybridized carbons (Fsp3) is 0.464. The van der Waals surface area contributed by atoms with Crippen LogP contribution in [0.25, 0.3) is 11.1 Å². The highest BCUT2D eigenvalue weighted by molar-refractivity contribution is 5.85. The number of nitrogens with zero attached hydrogens (tertiary/aromatic N) is 1. The van der Waals surface area contributed by atoms with Crippen LogP contribution in [0.4, 0.5) is 4.79 Å². The predicted octanol–water partition coefficient (Wildman–Crippen LogP) is 4.41. The molecule has 1 saturated heterocycles. The van der Waals surface area contributed by atoms with Crippen molar-refractivity contribution < 1.29 is 24.2 Å². The van der Waals surface area contributed by atoms with Crippen LogP contribution in [0.5, 0.6) is 0 Å². The number of likely N-dealkylation sites (tertiary alicyclic amines) is 1. The van der Waals surface area contributed by atoms with Crippen LogP contribution in [0.1, 0.15) is 56.1 Å². The summed E-state index contributed by atoms with van der Waals surface area (Å²) >= 11 is 0. The largest absolute Gasteiger partial charge is 0.481 e. The van der Waals surface area contributed by atoms with Crippen LogP contribution < -0.4 is 5.32 Å². The molecule has 2 amide bonds. The monoisotopic (exact) mass is 476 g/mol. The van der Waals surface area contributed by atoms with Gasteiger partial charge in [-0.2, -0.15) is 0 Å². The summed E-state index contributed by atoms with van der Waals surface area (Å²) in [5, 5.41) is 12.5. The molecule has 1 aliphatic heterocycles. The van der Waals surface area contributed by atoms with Gasteiger partial charge >= 0.3 is 12.1 Å². The van der Waals surface area contributed by atoms with Crippen LogP contribution >= 0.6 is 0 Å². The zero-order valence-electron chi connectivity index (χ0n) is 20.0. The summed E-state index contributed by atoms with van der Waals surface area (Å²) in [6.45, 7) is 2.56. The van der Waals surface area contributed by atoms with Gasteiger partial charge in [0.05, 0.1) is 5.92 Å². The Morgan fingerprint density at radius 2 is 1.60 bits per heavy atom. The van der Waals surface area contributed by atoms with Crippen LogP contribution in [0.3, 0.4) is 0 Å². The van der Waals surface area contributed by atoms with E-state index in [0.717, 1.165) is 24.0 Å². The molecule has 35 heavy (non-hydrogen) atoms. The summed E-state index contributed by atoms with van der Waals surface area (Å²) in [5.41, 5.74) is 3.83. The number of hydrogen-bond donors (Lipinski definition) is 2. The maximum Gasteiger partial charge on any atom is 0.407 e. The third kappa shape index (κ3) is 4.17. The zero-order valence-corrected chi connectivity index (χ0v) is 20.0. The number of carboxylic acids is 1. The van der Waals surface area contributed by atoms with Crippen LogP contribution in [0.2, 0.25) is 0 Å². The van der Waals surface area contributed by atoms with E-state index in [4.69, 9.17) is 4.74 Å². The van der Waals surface area contributed by atoms with E-state index in [-0.39, 0.29) is 43.5 Å². The van der Waals surface area contributed by atoms with Crippen molar-refractivity contribution in [3.63, 3.8) is 0 Å². The number of carbonyl (C=O) groups excluding carboxylic acids is 2. The van der Waals surface area contributed by atoms with Gasteiger partial charge in [0, 0.05) is 25.0 Å². The van der Waals surface area contributed by atoms with Crippen LogP contribution in [0.15, 0.2) is 48.5 Å². The number of aliphatic carboxylic acids is 1. The Bertz CT molecular complexity index is 1090. The highest BCUT2D eigenvalue weighted by atomic mass is 16.5. The molecule has 0 aromatic heterocycles. The maximum absolute atomic E-state index is 13.2. The lowest BCUT2D eigenvalue weighted by molar-refractivity contribution is -0.168. The normalized spacial score (nSPS) is 22.5. The highest BCUT2D eigenvalue weighted by Gasteiger charge is 2.51. The first-order valence-electron chi connectivity index (χ1n) is 12.6. The van der Waals surface area contributed by atoms with Crippen molar-refractivity contribution in [2.75, 3.05) is 19.7 Å². The summed E-state index contributed by atoms with van der Waals surface area (Å²) in [6, 6.07) is 16.1. The van der Waals surface area contributed by atoms with E-state index in [1.807, 2.05) is 31.2 Å². The fourth-order valence-electron chi connectivity index (χ4n) is 5.98.